The molecule has 22 heavy (non-hydrogen) atoms. The monoisotopic (exact) mass is 323 g/mol. The van der Waals surface area contributed by atoms with Gasteiger partial charge < -0.3 is 5.11 Å². The zero-order valence-corrected chi connectivity index (χ0v) is 11.3. The van der Waals surface area contributed by atoms with Crippen molar-refractivity contribution >= 4 is 6.08 Å². The smallest absolute Gasteiger partial charge is 0.377 e. The summed E-state index contributed by atoms with van der Waals surface area (Å²) >= 11 is 0. The van der Waals surface area contributed by atoms with Crippen LogP contribution in [0.4, 0.5) is 26.3 Å². The number of nitriles is 1. The van der Waals surface area contributed by atoms with Crippen LogP contribution < -0.4 is 0 Å². The Morgan fingerprint density at radius 1 is 1.18 bits per heavy atom. The molecular weight excluding hydrogens is 312 g/mol. The molecular formula is C14H11F6NO. The highest BCUT2D eigenvalue weighted by Crippen LogP contribution is 2.36. The first kappa shape index (κ1) is 18.0. The Balaban J connectivity index is 3.26. The van der Waals surface area contributed by atoms with Crippen molar-refractivity contribution in [1.82, 2.24) is 0 Å². The lowest BCUT2D eigenvalue weighted by Crippen LogP contribution is -2.42. The summed E-state index contributed by atoms with van der Waals surface area (Å²) in [6, 6.07) is 3.85. The van der Waals surface area contributed by atoms with E-state index in [0.29, 0.717) is 12.1 Å². The van der Waals surface area contributed by atoms with Crippen molar-refractivity contribution in [3.8, 4) is 6.07 Å². The number of aliphatic hydroxyl groups is 1. The quantitative estimate of drug-likeness (QED) is 0.843. The van der Waals surface area contributed by atoms with E-state index in [1.54, 1.807) is 0 Å². The second-order valence-corrected chi connectivity index (χ2v) is 4.52. The van der Waals surface area contributed by atoms with Crippen molar-refractivity contribution in [1.29, 1.82) is 5.26 Å². The summed E-state index contributed by atoms with van der Waals surface area (Å²) in [5.74, 6) is 0. The average Bonchev–Trinajstić information content (AvgIpc) is 2.42. The predicted molar refractivity (Wildman–Crippen MR) is 66.5 cm³/mol. The van der Waals surface area contributed by atoms with Gasteiger partial charge in [-0.15, -0.1) is 0 Å². The molecule has 0 spiro atoms. The van der Waals surface area contributed by atoms with Gasteiger partial charge >= 0.3 is 12.4 Å². The van der Waals surface area contributed by atoms with Crippen molar-refractivity contribution in [3.05, 3.63) is 41.0 Å². The average molecular weight is 323 g/mol. The van der Waals surface area contributed by atoms with Crippen molar-refractivity contribution in [2.24, 2.45) is 0 Å². The maximum Gasteiger partial charge on any atom is 0.420 e. The van der Waals surface area contributed by atoms with Gasteiger partial charge in [-0.3, -0.25) is 0 Å². The van der Waals surface area contributed by atoms with Gasteiger partial charge in [0.05, 0.1) is 17.2 Å². The molecule has 1 atom stereocenters. The van der Waals surface area contributed by atoms with Crippen molar-refractivity contribution in [3.63, 3.8) is 0 Å². The molecule has 0 amide bonds. The fourth-order valence-electron chi connectivity index (χ4n) is 1.64. The molecule has 2 nitrogen and oxygen atoms in total. The number of halogens is 6. The second-order valence-electron chi connectivity index (χ2n) is 4.52. The topological polar surface area (TPSA) is 44.0 Å². The minimum Gasteiger partial charge on any atom is -0.377 e. The van der Waals surface area contributed by atoms with Crippen molar-refractivity contribution < 1.29 is 31.4 Å². The molecule has 0 aromatic heterocycles. The first-order valence-corrected chi connectivity index (χ1v) is 6.04. The molecule has 0 aliphatic rings. The van der Waals surface area contributed by atoms with Crippen LogP contribution in [0.1, 0.15) is 30.0 Å². The van der Waals surface area contributed by atoms with E-state index in [9.17, 15) is 31.4 Å². The van der Waals surface area contributed by atoms with E-state index >= 15 is 0 Å². The SMILES string of the molecule is CCC(O)(/C=C/c1ccc(C#N)c(C(F)(F)F)c1)C(F)(F)F. The van der Waals surface area contributed by atoms with Crippen molar-refractivity contribution in [2.75, 3.05) is 0 Å². The number of nitrogens with zero attached hydrogens (tertiary/aromatic N) is 1. The van der Waals surface area contributed by atoms with Gasteiger partial charge in [0, 0.05) is 0 Å². The number of alkyl halides is 6. The summed E-state index contributed by atoms with van der Waals surface area (Å²) < 4.78 is 76.2. The molecule has 0 bridgehead atoms. The summed E-state index contributed by atoms with van der Waals surface area (Å²) in [4.78, 5) is 0. The summed E-state index contributed by atoms with van der Waals surface area (Å²) in [5.41, 5.74) is -5.21. The van der Waals surface area contributed by atoms with Gasteiger partial charge in [0.15, 0.2) is 5.60 Å². The van der Waals surface area contributed by atoms with Gasteiger partial charge in [-0.25, -0.2) is 0 Å². The number of benzene rings is 1. The molecule has 0 fully saturated rings. The van der Waals surface area contributed by atoms with E-state index in [1.165, 1.54) is 6.07 Å². The first-order chi connectivity index (χ1) is 9.94. The molecule has 0 aliphatic heterocycles. The summed E-state index contributed by atoms with van der Waals surface area (Å²) in [6.07, 6.45) is -9.30. The zero-order chi connectivity index (χ0) is 17.2. The molecule has 120 valence electrons. The highest BCUT2D eigenvalue weighted by Gasteiger charge is 2.50. The highest BCUT2D eigenvalue weighted by atomic mass is 19.4. The molecule has 1 unspecified atom stereocenters. The third kappa shape index (κ3) is 3.80. The molecule has 1 aromatic carbocycles. The molecule has 1 N–H and O–H groups in total. The standard InChI is InChI=1S/C14H11F6NO/c1-2-12(22,14(18,19)20)6-5-9-3-4-10(8-21)11(7-9)13(15,16)17/h3-7,22H,2H2,1H3/b6-5+. The summed E-state index contributed by atoms with van der Waals surface area (Å²) in [6.45, 7) is 1.09. The third-order valence-corrected chi connectivity index (χ3v) is 3.05. The van der Waals surface area contributed by atoms with Gasteiger partial charge in [-0.05, 0) is 30.2 Å². The molecule has 1 aromatic rings. The van der Waals surface area contributed by atoms with Crippen LogP contribution >= 0.6 is 0 Å². The summed E-state index contributed by atoms with van der Waals surface area (Å²) in [7, 11) is 0. The number of hydrogen-bond acceptors (Lipinski definition) is 2. The maximum absolute atomic E-state index is 12.7. The molecule has 0 saturated carbocycles. The van der Waals surface area contributed by atoms with Crippen LogP contribution in [0.15, 0.2) is 24.3 Å². The molecule has 1 rings (SSSR count). The Bertz CT molecular complexity index is 611. The minimum atomic E-state index is -4.95. The molecule has 0 radical (unpaired) electrons. The van der Waals surface area contributed by atoms with Crippen LogP contribution in [-0.2, 0) is 6.18 Å². The Morgan fingerprint density at radius 3 is 2.18 bits per heavy atom. The van der Waals surface area contributed by atoms with E-state index in [-0.39, 0.29) is 5.56 Å². The van der Waals surface area contributed by atoms with E-state index in [0.717, 1.165) is 25.1 Å². The van der Waals surface area contributed by atoms with Crippen LogP contribution in [0.2, 0.25) is 0 Å². The van der Waals surface area contributed by atoms with Gasteiger partial charge in [-0.2, -0.15) is 31.6 Å². The molecule has 8 heteroatoms. The largest absolute Gasteiger partial charge is 0.420 e. The van der Waals surface area contributed by atoms with Crippen molar-refractivity contribution in [2.45, 2.75) is 31.3 Å². The van der Waals surface area contributed by atoms with Gasteiger partial charge in [0.1, 0.15) is 0 Å². The first-order valence-electron chi connectivity index (χ1n) is 6.04. The zero-order valence-electron chi connectivity index (χ0n) is 11.3. The maximum atomic E-state index is 12.7. The Hall–Kier alpha value is -2.01. The van der Waals surface area contributed by atoms with E-state index in [2.05, 4.69) is 0 Å². The molecule has 0 aliphatic carbocycles. The van der Waals surface area contributed by atoms with E-state index < -0.39 is 35.5 Å². The second kappa shape index (κ2) is 6.01. The van der Waals surface area contributed by atoms with Crippen LogP contribution in [0.5, 0.6) is 0 Å². The van der Waals surface area contributed by atoms with Crippen LogP contribution in [0.3, 0.4) is 0 Å². The van der Waals surface area contributed by atoms with Crippen LogP contribution in [-0.4, -0.2) is 16.9 Å². The fourth-order valence-corrected chi connectivity index (χ4v) is 1.64. The normalized spacial score (nSPS) is 15.6. The number of hydrogen-bond donors (Lipinski definition) is 1. The Labute approximate surface area is 122 Å². The van der Waals surface area contributed by atoms with Crippen LogP contribution in [0.25, 0.3) is 6.08 Å². The Kier molecular flexibility index (Phi) is 4.92. The van der Waals surface area contributed by atoms with Gasteiger partial charge in [0.25, 0.3) is 0 Å². The number of rotatable bonds is 3. The minimum absolute atomic E-state index is 0.206. The lowest BCUT2D eigenvalue weighted by atomic mass is 9.97. The van der Waals surface area contributed by atoms with Gasteiger partial charge in [-0.1, -0.05) is 19.1 Å². The highest BCUT2D eigenvalue weighted by molar-refractivity contribution is 5.55. The van der Waals surface area contributed by atoms with Gasteiger partial charge in [0.2, 0.25) is 0 Å². The van der Waals surface area contributed by atoms with E-state index in [1.807, 2.05) is 0 Å². The summed E-state index contributed by atoms with van der Waals surface area (Å²) in [5, 5.41) is 18.1. The predicted octanol–water partition coefficient (Wildman–Crippen LogP) is 4.29. The van der Waals surface area contributed by atoms with E-state index in [4.69, 9.17) is 5.26 Å². The molecule has 0 heterocycles. The fraction of sp³-hybridized carbons (Fsp3) is 0.357. The Morgan fingerprint density at radius 2 is 1.77 bits per heavy atom. The lowest BCUT2D eigenvalue weighted by Gasteiger charge is -2.25. The third-order valence-electron chi connectivity index (χ3n) is 3.05. The molecule has 0 saturated heterocycles. The van der Waals surface area contributed by atoms with Crippen LogP contribution in [0, 0.1) is 11.3 Å². The lowest BCUT2D eigenvalue weighted by molar-refractivity contribution is -0.240.